The summed E-state index contributed by atoms with van der Waals surface area (Å²) in [5.74, 6) is 0. The van der Waals surface area contributed by atoms with Gasteiger partial charge >= 0.3 is 5.69 Å². The summed E-state index contributed by atoms with van der Waals surface area (Å²) in [5, 5.41) is 1.53. The minimum Gasteiger partial charge on any atom is -0.271 e. The first kappa shape index (κ1) is 25.3. The third kappa shape index (κ3) is 5.79. The van der Waals surface area contributed by atoms with Crippen molar-refractivity contribution in [2.45, 2.75) is 153 Å². The second-order valence-corrected chi connectivity index (χ2v) is 15.6. The highest BCUT2D eigenvalue weighted by molar-refractivity contribution is 14.2. The Morgan fingerprint density at radius 1 is 0.559 bits per heavy atom. The average molecular weight is 599 g/mol. The van der Waals surface area contributed by atoms with Crippen LogP contribution < -0.4 is 16.1 Å². The second kappa shape index (κ2) is 12.3. The van der Waals surface area contributed by atoms with Gasteiger partial charge in [-0.25, -0.2) is 4.79 Å². The summed E-state index contributed by atoms with van der Waals surface area (Å²) in [5.41, 5.74) is 0.235. The lowest BCUT2D eigenvalue weighted by Gasteiger charge is -2.30. The van der Waals surface area contributed by atoms with Crippen molar-refractivity contribution in [3.63, 3.8) is 0 Å². The molecular weight excluding hydrogens is 554 g/mol. The summed E-state index contributed by atoms with van der Waals surface area (Å²) >= 11 is 2.67. The van der Waals surface area contributed by atoms with Crippen LogP contribution in [0.3, 0.4) is 0 Å². The third-order valence-electron chi connectivity index (χ3n) is 8.82. The SMILES string of the molecule is O=c1n(C2CCCCC2)c(=NC2CCCCC2)p(I)c(=NC2CCCCC2)n1C1CCCCC1. The first-order valence-corrected chi connectivity index (χ1v) is 18.6. The van der Waals surface area contributed by atoms with Crippen LogP contribution in [-0.4, -0.2) is 21.2 Å². The van der Waals surface area contributed by atoms with Crippen molar-refractivity contribution in [1.82, 2.24) is 9.13 Å². The fourth-order valence-corrected chi connectivity index (χ4v) is 10.6. The number of halogens is 1. The summed E-state index contributed by atoms with van der Waals surface area (Å²) in [4.78, 5) is 25.4. The van der Waals surface area contributed by atoms with Gasteiger partial charge < -0.3 is 0 Å². The van der Waals surface area contributed by atoms with E-state index in [2.05, 4.69) is 31.2 Å². The van der Waals surface area contributed by atoms with Crippen molar-refractivity contribution in [1.29, 1.82) is 0 Å². The molecule has 4 saturated carbocycles. The summed E-state index contributed by atoms with van der Waals surface area (Å²) in [6.45, 7) is 0. The van der Waals surface area contributed by atoms with Gasteiger partial charge in [-0.3, -0.25) is 19.1 Å². The van der Waals surface area contributed by atoms with Crippen LogP contribution in [0.25, 0.3) is 0 Å². The van der Waals surface area contributed by atoms with Crippen LogP contribution in [0.1, 0.15) is 141 Å². The van der Waals surface area contributed by atoms with E-state index in [4.69, 9.17) is 9.98 Å². The van der Waals surface area contributed by atoms with Gasteiger partial charge in [-0.2, -0.15) is 0 Å². The van der Waals surface area contributed by atoms with Crippen molar-refractivity contribution in [3.8, 4) is 0 Å². The number of hydrogen-bond acceptors (Lipinski definition) is 3. The average Bonchev–Trinajstić information content (AvgIpc) is 2.89. The molecule has 0 aromatic carbocycles. The molecule has 4 aliphatic carbocycles. The predicted octanol–water partition coefficient (Wildman–Crippen LogP) is 7.31. The maximum absolute atomic E-state index is 14.5. The Hall–Kier alpha value is -0.360. The molecule has 0 N–H and O–H groups in total. The largest absolute Gasteiger partial charge is 0.332 e. The van der Waals surface area contributed by atoms with Crippen LogP contribution in [0.15, 0.2) is 14.8 Å². The molecule has 7 heteroatoms. The van der Waals surface area contributed by atoms with E-state index in [-0.39, 0.29) is 5.69 Å². The maximum atomic E-state index is 14.5. The van der Waals surface area contributed by atoms with E-state index in [9.17, 15) is 4.79 Å². The topological polar surface area (TPSA) is 51.6 Å². The lowest BCUT2D eigenvalue weighted by atomic mass is 9.95. The molecule has 4 aliphatic rings. The molecule has 0 aliphatic heterocycles. The van der Waals surface area contributed by atoms with Crippen LogP contribution >= 0.6 is 27.2 Å². The number of rotatable bonds is 4. The molecule has 34 heavy (non-hydrogen) atoms. The molecule has 0 bridgehead atoms. The molecule has 0 unspecified atom stereocenters. The summed E-state index contributed by atoms with van der Waals surface area (Å²) in [7, 11) is 0. The molecule has 0 spiro atoms. The van der Waals surface area contributed by atoms with Crippen molar-refractivity contribution < 1.29 is 0 Å². The Morgan fingerprint density at radius 2 is 0.882 bits per heavy atom. The summed E-state index contributed by atoms with van der Waals surface area (Å²) < 4.78 is 4.47. The first-order chi connectivity index (χ1) is 16.7. The number of aromatic nitrogens is 2. The van der Waals surface area contributed by atoms with Crippen LogP contribution in [0.4, 0.5) is 0 Å². The van der Waals surface area contributed by atoms with Crippen LogP contribution in [0.5, 0.6) is 0 Å². The van der Waals surface area contributed by atoms with Gasteiger partial charge in [0.2, 0.25) is 0 Å². The Morgan fingerprint density at radius 3 is 1.24 bits per heavy atom. The molecule has 1 heterocycles. The third-order valence-corrected chi connectivity index (χ3v) is 12.8. The quantitative estimate of drug-likeness (QED) is 0.336. The van der Waals surface area contributed by atoms with Gasteiger partial charge in [0.25, 0.3) is 0 Å². The van der Waals surface area contributed by atoms with Gasteiger partial charge in [-0.15, -0.1) is 0 Å². The van der Waals surface area contributed by atoms with Gasteiger partial charge in [0.05, 0.1) is 12.1 Å². The van der Waals surface area contributed by atoms with E-state index >= 15 is 0 Å². The van der Waals surface area contributed by atoms with Gasteiger partial charge in [0, 0.05) is 17.3 Å². The molecule has 1 aromatic heterocycles. The molecule has 0 radical (unpaired) electrons. The summed E-state index contributed by atoms with van der Waals surface area (Å²) in [6.07, 6.45) is 24.8. The Bertz CT molecular complexity index is 925. The van der Waals surface area contributed by atoms with E-state index in [0.717, 1.165) is 36.1 Å². The van der Waals surface area contributed by atoms with Crippen molar-refractivity contribution in [3.05, 3.63) is 20.9 Å². The highest BCUT2D eigenvalue weighted by atomic mass is 127. The van der Waals surface area contributed by atoms with Crippen LogP contribution in [-0.2, 0) is 0 Å². The van der Waals surface area contributed by atoms with Gasteiger partial charge in [0.15, 0.2) is 10.4 Å². The van der Waals surface area contributed by atoms with Crippen molar-refractivity contribution in [2.24, 2.45) is 9.98 Å². The zero-order chi connectivity index (χ0) is 23.3. The molecule has 4 fully saturated rings. The van der Waals surface area contributed by atoms with Gasteiger partial charge in [0.1, 0.15) is 0 Å². The fourth-order valence-electron chi connectivity index (χ4n) is 6.86. The second-order valence-electron chi connectivity index (χ2n) is 11.3. The standard InChI is InChI=1S/C27H44IN4OP/c28-34-25(29-21-13-5-1-6-14-21)31(23-17-9-3-10-18-23)27(33)32(24-19-11-4-12-20-24)26(34)30-22-15-7-2-8-16-22/h21-24H,1-20H2. The Labute approximate surface area is 219 Å². The minimum absolute atomic E-state index is 0.235. The van der Waals surface area contributed by atoms with Crippen molar-refractivity contribution >= 4 is 27.2 Å². The minimum atomic E-state index is -0.722. The van der Waals surface area contributed by atoms with Gasteiger partial charge in [-0.05, 0) is 73.4 Å². The molecule has 0 amide bonds. The maximum Gasteiger partial charge on any atom is 0.332 e. The normalized spacial score (nSPS) is 26.3. The zero-order valence-corrected chi connectivity index (χ0v) is 24.0. The molecule has 1 aromatic rings. The smallest absolute Gasteiger partial charge is 0.271 e. The molecule has 5 rings (SSSR count). The molecule has 5 nitrogen and oxygen atoms in total. The van der Waals surface area contributed by atoms with E-state index in [1.54, 1.807) is 0 Å². The first-order valence-electron chi connectivity index (χ1n) is 14.5. The lowest BCUT2D eigenvalue weighted by Crippen LogP contribution is -2.49. The molecule has 0 saturated heterocycles. The van der Waals surface area contributed by atoms with Crippen molar-refractivity contribution in [2.75, 3.05) is 0 Å². The number of nitrogens with zero attached hydrogens (tertiary/aromatic N) is 4. The van der Waals surface area contributed by atoms with Gasteiger partial charge in [-0.1, -0.05) is 77.0 Å². The van der Waals surface area contributed by atoms with E-state index in [1.807, 2.05) is 0 Å². The number of hydrogen-bond donors (Lipinski definition) is 0. The highest BCUT2D eigenvalue weighted by Crippen LogP contribution is 2.33. The Kier molecular flexibility index (Phi) is 9.12. The lowest BCUT2D eigenvalue weighted by molar-refractivity contribution is 0.295. The Balaban J connectivity index is 1.72. The van der Waals surface area contributed by atoms with Crippen LogP contribution in [0, 0.1) is 0 Å². The molecule has 0 atom stereocenters. The highest BCUT2D eigenvalue weighted by Gasteiger charge is 2.27. The zero-order valence-electron chi connectivity index (χ0n) is 21.0. The van der Waals surface area contributed by atoms with E-state index < -0.39 is 5.18 Å². The molecule has 190 valence electrons. The molecular formula is C27H44IN4OP. The monoisotopic (exact) mass is 598 g/mol. The fraction of sp³-hybridized carbons (Fsp3) is 0.889. The summed E-state index contributed by atoms with van der Waals surface area (Å²) in [6, 6.07) is 1.48. The predicted molar refractivity (Wildman–Crippen MR) is 150 cm³/mol. The van der Waals surface area contributed by atoms with E-state index in [1.165, 1.54) is 103 Å². The van der Waals surface area contributed by atoms with Crippen LogP contribution in [0.2, 0.25) is 0 Å². The van der Waals surface area contributed by atoms with E-state index in [0.29, 0.717) is 24.2 Å².